The molecule has 0 aliphatic carbocycles. The van der Waals surface area contributed by atoms with Gasteiger partial charge in [-0.15, -0.1) is 0 Å². The van der Waals surface area contributed by atoms with E-state index in [-0.39, 0.29) is 18.1 Å². The number of piperidine rings is 1. The second-order valence-corrected chi connectivity index (χ2v) is 9.94. The van der Waals surface area contributed by atoms with Crippen molar-refractivity contribution in [2.24, 2.45) is 4.99 Å². The van der Waals surface area contributed by atoms with Gasteiger partial charge in [0, 0.05) is 30.6 Å². The normalized spacial score (nSPS) is 17.7. The van der Waals surface area contributed by atoms with Crippen LogP contribution in [0.3, 0.4) is 0 Å². The van der Waals surface area contributed by atoms with Gasteiger partial charge in [0.15, 0.2) is 11.0 Å². The Balaban J connectivity index is 1.57. The number of hydrogen-bond donors (Lipinski definition) is 0. The molecule has 0 saturated carbocycles. The Labute approximate surface area is 216 Å². The van der Waals surface area contributed by atoms with Crippen LogP contribution in [0.1, 0.15) is 47.2 Å². The van der Waals surface area contributed by atoms with Crippen LogP contribution < -0.4 is 0 Å². The van der Waals surface area contributed by atoms with E-state index in [1.165, 1.54) is 18.2 Å². The van der Waals surface area contributed by atoms with Crippen molar-refractivity contribution in [3.8, 4) is 0 Å². The minimum Gasteiger partial charge on any atom is -0.351 e. The average Bonchev–Trinajstić information content (AvgIpc) is 3.34. The molecule has 1 amide bonds. The van der Waals surface area contributed by atoms with Gasteiger partial charge < -0.3 is 4.90 Å². The van der Waals surface area contributed by atoms with Crippen molar-refractivity contribution in [2.45, 2.75) is 25.7 Å². The van der Waals surface area contributed by atoms with Gasteiger partial charge in [0.1, 0.15) is 0 Å². The van der Waals surface area contributed by atoms with Crippen molar-refractivity contribution < 1.29 is 9.59 Å². The second kappa shape index (κ2) is 11.4. The van der Waals surface area contributed by atoms with Crippen molar-refractivity contribution in [1.29, 1.82) is 0 Å². The van der Waals surface area contributed by atoms with Crippen molar-refractivity contribution in [2.75, 3.05) is 13.1 Å². The molecule has 5 heteroatoms. The van der Waals surface area contributed by atoms with Crippen LogP contribution >= 0.6 is 11.8 Å². The van der Waals surface area contributed by atoms with Gasteiger partial charge in [-0.2, -0.15) is 4.99 Å². The number of hydrogen-bond acceptors (Lipinski definition) is 4. The largest absolute Gasteiger partial charge is 0.351 e. The third kappa shape index (κ3) is 5.58. The molecule has 1 saturated heterocycles. The van der Waals surface area contributed by atoms with E-state index in [9.17, 15) is 9.59 Å². The highest BCUT2D eigenvalue weighted by Gasteiger charge is 2.30. The molecule has 0 N–H and O–H groups in total. The monoisotopic (exact) mass is 492 g/mol. The zero-order valence-electron chi connectivity index (χ0n) is 20.1. The molecular formula is C31H28N2O2S. The minimum atomic E-state index is -0.211. The van der Waals surface area contributed by atoms with Gasteiger partial charge in [-0.1, -0.05) is 91.0 Å². The first-order valence-electron chi connectivity index (χ1n) is 12.4. The molecule has 1 fully saturated rings. The summed E-state index contributed by atoms with van der Waals surface area (Å²) in [5, 5.41) is 0.790. The summed E-state index contributed by atoms with van der Waals surface area (Å²) in [6.07, 6.45) is 5.71. The molecule has 2 aliphatic heterocycles. The Morgan fingerprint density at radius 1 is 0.778 bits per heavy atom. The highest BCUT2D eigenvalue weighted by Crippen LogP contribution is 2.38. The fraction of sp³-hybridized carbons (Fsp3) is 0.194. The van der Waals surface area contributed by atoms with Crippen molar-refractivity contribution in [3.63, 3.8) is 0 Å². The Hall–Kier alpha value is -3.70. The van der Waals surface area contributed by atoms with Crippen LogP contribution in [-0.2, 0) is 4.79 Å². The number of nitrogens with zero attached hydrogens (tertiary/aromatic N) is 2. The number of ketones is 1. The number of allylic oxidation sites excluding steroid dienone is 3. The molecule has 0 spiro atoms. The highest BCUT2D eigenvalue weighted by atomic mass is 32.2. The van der Waals surface area contributed by atoms with Gasteiger partial charge in [0.05, 0.1) is 4.91 Å². The van der Waals surface area contributed by atoms with E-state index in [0.29, 0.717) is 10.5 Å². The standard InChI is InChI=1S/C31H28N2O2S/c34-28(25-17-9-3-10-18-25)22-26(23-13-5-1-6-14-23)21-27(24-15-7-2-8-16-24)29-30(35)32-31(36-29)33-19-11-4-12-20-33/h1-3,5-10,13-18,21H,4,11-12,19-20,22H2/b26-21?,29-27-. The van der Waals surface area contributed by atoms with Crippen LogP contribution in [0.25, 0.3) is 11.1 Å². The summed E-state index contributed by atoms with van der Waals surface area (Å²) in [6.45, 7) is 1.87. The topological polar surface area (TPSA) is 49.7 Å². The van der Waals surface area contributed by atoms with Crippen molar-refractivity contribution >= 4 is 39.8 Å². The smallest absolute Gasteiger partial charge is 0.286 e. The van der Waals surface area contributed by atoms with Gasteiger partial charge in [-0.3, -0.25) is 9.59 Å². The fourth-order valence-electron chi connectivity index (χ4n) is 4.55. The molecule has 0 bridgehead atoms. The molecule has 5 rings (SSSR count). The molecule has 0 unspecified atom stereocenters. The number of amidine groups is 1. The molecule has 4 nitrogen and oxygen atoms in total. The molecular weight excluding hydrogens is 464 g/mol. The summed E-state index contributed by atoms with van der Waals surface area (Å²) in [7, 11) is 0. The first-order valence-corrected chi connectivity index (χ1v) is 13.2. The Kier molecular flexibility index (Phi) is 7.58. The minimum absolute atomic E-state index is 0.0405. The number of thioether (sulfide) groups is 1. The zero-order valence-corrected chi connectivity index (χ0v) is 20.9. The summed E-state index contributed by atoms with van der Waals surface area (Å²) in [6, 6.07) is 29.2. The van der Waals surface area contributed by atoms with E-state index in [4.69, 9.17) is 0 Å². The van der Waals surface area contributed by atoms with Crippen molar-refractivity contribution in [3.05, 3.63) is 119 Å². The number of aliphatic imine (C=N–C) groups is 1. The van der Waals surface area contributed by atoms with E-state index >= 15 is 0 Å². The lowest BCUT2D eigenvalue weighted by atomic mass is 9.93. The average molecular weight is 493 g/mol. The maximum Gasteiger partial charge on any atom is 0.286 e. The Morgan fingerprint density at radius 3 is 1.94 bits per heavy atom. The molecule has 3 aromatic rings. The van der Waals surface area contributed by atoms with E-state index in [0.717, 1.165) is 53.4 Å². The van der Waals surface area contributed by atoms with E-state index in [1.54, 1.807) is 0 Å². The molecule has 0 aromatic heterocycles. The summed E-state index contributed by atoms with van der Waals surface area (Å²) in [4.78, 5) is 33.7. The van der Waals surface area contributed by atoms with Crippen LogP contribution in [-0.4, -0.2) is 34.8 Å². The van der Waals surface area contributed by atoms with Gasteiger partial charge in [-0.25, -0.2) is 0 Å². The number of benzene rings is 3. The molecule has 0 atom stereocenters. The molecule has 36 heavy (non-hydrogen) atoms. The van der Waals surface area contributed by atoms with E-state index < -0.39 is 0 Å². The predicted octanol–water partition coefficient (Wildman–Crippen LogP) is 6.87. The number of likely N-dealkylation sites (tertiary alicyclic amines) is 1. The number of Topliss-reactive ketones (excluding diaryl/α,β-unsaturated/α-hetero) is 1. The maximum absolute atomic E-state index is 13.2. The zero-order chi connectivity index (χ0) is 24.7. The molecule has 0 radical (unpaired) electrons. The van der Waals surface area contributed by atoms with E-state index in [2.05, 4.69) is 9.89 Å². The summed E-state index contributed by atoms with van der Waals surface area (Å²) in [5.41, 5.74) is 4.25. The lowest BCUT2D eigenvalue weighted by molar-refractivity contribution is -0.113. The predicted molar refractivity (Wildman–Crippen MR) is 149 cm³/mol. The van der Waals surface area contributed by atoms with Crippen LogP contribution in [0.4, 0.5) is 0 Å². The lowest BCUT2D eigenvalue weighted by Crippen LogP contribution is -2.33. The number of rotatable bonds is 6. The Bertz CT molecular complexity index is 1320. The number of amides is 1. The molecule has 2 heterocycles. The quantitative estimate of drug-likeness (QED) is 0.278. The highest BCUT2D eigenvalue weighted by molar-refractivity contribution is 8.18. The molecule has 2 aliphatic rings. The van der Waals surface area contributed by atoms with Gasteiger partial charge in [-0.05, 0) is 53.8 Å². The SMILES string of the molecule is O=C1N=C(N2CCCCC2)S/C1=C(/C=C(CC(=O)c1ccccc1)c1ccccc1)c1ccccc1. The van der Waals surface area contributed by atoms with Crippen LogP contribution in [0, 0.1) is 0 Å². The fourth-order valence-corrected chi connectivity index (χ4v) is 5.59. The molecule has 180 valence electrons. The Morgan fingerprint density at radius 2 is 1.33 bits per heavy atom. The first kappa shape index (κ1) is 24.0. The number of carbonyl (C=O) groups is 2. The summed E-state index contributed by atoms with van der Waals surface area (Å²) in [5.74, 6) is -0.170. The van der Waals surface area contributed by atoms with Crippen LogP contribution in [0.15, 0.2) is 107 Å². The summed E-state index contributed by atoms with van der Waals surface area (Å²) < 4.78 is 0. The molecule has 3 aromatic carbocycles. The van der Waals surface area contributed by atoms with Crippen molar-refractivity contribution in [1.82, 2.24) is 4.90 Å². The maximum atomic E-state index is 13.2. The van der Waals surface area contributed by atoms with E-state index in [1.807, 2.05) is 97.1 Å². The second-order valence-electron chi connectivity index (χ2n) is 8.96. The van der Waals surface area contributed by atoms with Gasteiger partial charge in [0.2, 0.25) is 0 Å². The summed E-state index contributed by atoms with van der Waals surface area (Å²) >= 11 is 1.46. The van der Waals surface area contributed by atoms with Gasteiger partial charge >= 0.3 is 0 Å². The van der Waals surface area contributed by atoms with Crippen LogP contribution in [0.2, 0.25) is 0 Å². The van der Waals surface area contributed by atoms with Crippen LogP contribution in [0.5, 0.6) is 0 Å². The van der Waals surface area contributed by atoms with Gasteiger partial charge in [0.25, 0.3) is 5.91 Å². The third-order valence-electron chi connectivity index (χ3n) is 6.45. The number of carbonyl (C=O) groups excluding carboxylic acids is 2. The first-order chi connectivity index (χ1) is 17.7. The lowest BCUT2D eigenvalue weighted by Gasteiger charge is -2.27. The third-order valence-corrected chi connectivity index (χ3v) is 7.58.